The molecule has 0 unspecified atom stereocenters. The standard InChI is InChI=1S/C25H32N6O2/c1-17-4-3-9-31-22(18(2)27-24(17)31)16-29-10-7-19(8-11-29)21-6-5-20(23(26)28-21)25(32)30-12-14-33-15-13-30/h3-6,9,19H,7-8,10-16H2,1-2H3,(H2,26,28). The van der Waals surface area contributed by atoms with Crippen LogP contribution < -0.4 is 5.73 Å². The lowest BCUT2D eigenvalue weighted by molar-refractivity contribution is 0.0303. The Kier molecular flexibility index (Phi) is 6.03. The topological polar surface area (TPSA) is 89.0 Å². The van der Waals surface area contributed by atoms with Gasteiger partial charge >= 0.3 is 0 Å². The Balaban J connectivity index is 1.23. The highest BCUT2D eigenvalue weighted by molar-refractivity contribution is 5.98. The quantitative estimate of drug-likeness (QED) is 0.660. The molecule has 2 saturated heterocycles. The molecule has 8 nitrogen and oxygen atoms in total. The average molecular weight is 449 g/mol. The number of nitrogens with two attached hydrogens (primary N) is 1. The number of nitrogens with zero attached hydrogens (tertiary/aromatic N) is 5. The van der Waals surface area contributed by atoms with Gasteiger partial charge in [0.2, 0.25) is 0 Å². The molecule has 0 bridgehead atoms. The zero-order valence-electron chi connectivity index (χ0n) is 19.5. The Bertz CT molecular complexity index is 1160. The molecule has 5 heterocycles. The molecule has 0 aliphatic carbocycles. The molecule has 174 valence electrons. The molecule has 0 aromatic carbocycles. The van der Waals surface area contributed by atoms with Crippen LogP contribution in [0.4, 0.5) is 5.82 Å². The van der Waals surface area contributed by atoms with E-state index in [1.807, 2.05) is 12.1 Å². The van der Waals surface area contributed by atoms with Crippen molar-refractivity contribution in [3.05, 3.63) is 58.7 Å². The number of imidazole rings is 1. The number of hydrogen-bond acceptors (Lipinski definition) is 6. The van der Waals surface area contributed by atoms with Crippen LogP contribution in [0.15, 0.2) is 30.5 Å². The molecule has 1 amide bonds. The van der Waals surface area contributed by atoms with Crippen LogP contribution >= 0.6 is 0 Å². The van der Waals surface area contributed by atoms with Crippen LogP contribution in [-0.4, -0.2) is 69.5 Å². The summed E-state index contributed by atoms with van der Waals surface area (Å²) in [5.74, 6) is 0.646. The summed E-state index contributed by atoms with van der Waals surface area (Å²) in [7, 11) is 0. The maximum Gasteiger partial charge on any atom is 0.257 e. The third kappa shape index (κ3) is 4.32. The number of piperidine rings is 1. The molecule has 2 N–H and O–H groups in total. The predicted molar refractivity (Wildman–Crippen MR) is 127 cm³/mol. The minimum absolute atomic E-state index is 0.0525. The molecule has 2 aliphatic rings. The number of amides is 1. The van der Waals surface area contributed by atoms with Crippen LogP contribution in [0, 0.1) is 13.8 Å². The van der Waals surface area contributed by atoms with Crippen molar-refractivity contribution in [1.82, 2.24) is 24.2 Å². The third-order valence-corrected chi connectivity index (χ3v) is 7.00. The van der Waals surface area contributed by atoms with Crippen LogP contribution in [0.3, 0.4) is 0 Å². The van der Waals surface area contributed by atoms with Crippen molar-refractivity contribution in [2.75, 3.05) is 45.1 Å². The fraction of sp³-hybridized carbons (Fsp3) is 0.480. The molecule has 8 heteroatoms. The van der Waals surface area contributed by atoms with Crippen LogP contribution in [0.25, 0.3) is 5.65 Å². The van der Waals surface area contributed by atoms with E-state index < -0.39 is 0 Å². The number of morpholine rings is 1. The van der Waals surface area contributed by atoms with Crippen LogP contribution in [0.5, 0.6) is 0 Å². The van der Waals surface area contributed by atoms with Gasteiger partial charge in [-0.2, -0.15) is 0 Å². The number of rotatable bonds is 4. The summed E-state index contributed by atoms with van der Waals surface area (Å²) in [5, 5.41) is 0. The number of aryl methyl sites for hydroxylation is 2. The number of aromatic nitrogens is 3. The number of ether oxygens (including phenoxy) is 1. The summed E-state index contributed by atoms with van der Waals surface area (Å²) in [4.78, 5) is 26.5. The Morgan fingerprint density at radius 1 is 1.09 bits per heavy atom. The van der Waals surface area contributed by atoms with Crippen molar-refractivity contribution in [3.8, 4) is 0 Å². The van der Waals surface area contributed by atoms with Crippen LogP contribution in [-0.2, 0) is 11.3 Å². The van der Waals surface area contributed by atoms with E-state index >= 15 is 0 Å². The maximum atomic E-state index is 12.8. The van der Waals surface area contributed by atoms with E-state index in [1.165, 1.54) is 11.3 Å². The number of hydrogen-bond donors (Lipinski definition) is 1. The molecule has 0 atom stereocenters. The van der Waals surface area contributed by atoms with Gasteiger partial charge in [-0.15, -0.1) is 0 Å². The summed E-state index contributed by atoms with van der Waals surface area (Å²) in [6.07, 6.45) is 4.16. The summed E-state index contributed by atoms with van der Waals surface area (Å²) < 4.78 is 7.56. The Morgan fingerprint density at radius 3 is 2.58 bits per heavy atom. The van der Waals surface area contributed by atoms with Gasteiger partial charge in [0.05, 0.1) is 30.2 Å². The first-order valence-corrected chi connectivity index (χ1v) is 11.8. The third-order valence-electron chi connectivity index (χ3n) is 7.00. The second-order valence-electron chi connectivity index (χ2n) is 9.15. The van der Waals surface area contributed by atoms with Gasteiger partial charge in [-0.05, 0) is 63.5 Å². The largest absolute Gasteiger partial charge is 0.383 e. The molecular formula is C25H32N6O2. The highest BCUT2D eigenvalue weighted by Gasteiger charge is 2.26. The van der Waals surface area contributed by atoms with E-state index in [2.05, 4.69) is 46.5 Å². The van der Waals surface area contributed by atoms with Crippen molar-refractivity contribution >= 4 is 17.4 Å². The van der Waals surface area contributed by atoms with Gasteiger partial charge in [-0.1, -0.05) is 6.07 Å². The van der Waals surface area contributed by atoms with Crippen molar-refractivity contribution in [3.63, 3.8) is 0 Å². The van der Waals surface area contributed by atoms with Gasteiger partial charge in [0.1, 0.15) is 11.5 Å². The normalized spacial score (nSPS) is 18.2. The first kappa shape index (κ1) is 21.9. The lowest BCUT2D eigenvalue weighted by Gasteiger charge is -2.32. The molecule has 2 aliphatic heterocycles. The highest BCUT2D eigenvalue weighted by atomic mass is 16.5. The number of likely N-dealkylation sites (tertiary alicyclic amines) is 1. The number of anilines is 1. The van der Waals surface area contributed by atoms with Crippen LogP contribution in [0.1, 0.15) is 51.8 Å². The van der Waals surface area contributed by atoms with Crippen molar-refractivity contribution < 1.29 is 9.53 Å². The first-order chi connectivity index (χ1) is 16.0. The highest BCUT2D eigenvalue weighted by Crippen LogP contribution is 2.29. The molecular weight excluding hydrogens is 416 g/mol. The Hall–Kier alpha value is -2.97. The second-order valence-corrected chi connectivity index (χ2v) is 9.15. The molecule has 0 spiro atoms. The number of fused-ring (bicyclic) bond motifs is 1. The van der Waals surface area contributed by atoms with E-state index in [0.717, 1.165) is 49.5 Å². The van der Waals surface area contributed by atoms with Gasteiger partial charge in [-0.3, -0.25) is 9.69 Å². The fourth-order valence-electron chi connectivity index (χ4n) is 4.99. The van der Waals surface area contributed by atoms with Gasteiger partial charge in [0, 0.05) is 37.4 Å². The molecule has 0 radical (unpaired) electrons. The predicted octanol–water partition coefficient (Wildman–Crippen LogP) is 2.78. The fourth-order valence-corrected chi connectivity index (χ4v) is 4.99. The second kappa shape index (κ2) is 9.11. The van der Waals surface area contributed by atoms with Gasteiger partial charge in [0.15, 0.2) is 0 Å². The van der Waals surface area contributed by atoms with Gasteiger partial charge in [0.25, 0.3) is 5.91 Å². The zero-order valence-corrected chi connectivity index (χ0v) is 19.5. The number of nitrogen functional groups attached to an aromatic ring is 1. The smallest absolute Gasteiger partial charge is 0.257 e. The molecule has 3 aromatic heterocycles. The number of carbonyl (C=O) groups is 1. The van der Waals surface area contributed by atoms with Crippen molar-refractivity contribution in [1.29, 1.82) is 0 Å². The summed E-state index contributed by atoms with van der Waals surface area (Å²) in [6, 6.07) is 8.03. The lowest BCUT2D eigenvalue weighted by atomic mass is 9.92. The summed E-state index contributed by atoms with van der Waals surface area (Å²) in [5.41, 5.74) is 12.3. The zero-order chi connectivity index (χ0) is 22.9. The lowest BCUT2D eigenvalue weighted by Crippen LogP contribution is -2.41. The van der Waals surface area contributed by atoms with E-state index in [1.54, 1.807) is 4.90 Å². The molecule has 33 heavy (non-hydrogen) atoms. The molecule has 3 aromatic rings. The minimum atomic E-state index is -0.0525. The van der Waals surface area contributed by atoms with E-state index in [-0.39, 0.29) is 5.91 Å². The first-order valence-electron chi connectivity index (χ1n) is 11.8. The van der Waals surface area contributed by atoms with Crippen molar-refractivity contribution in [2.45, 2.75) is 39.2 Å². The van der Waals surface area contributed by atoms with E-state index in [0.29, 0.717) is 43.6 Å². The van der Waals surface area contributed by atoms with Crippen molar-refractivity contribution in [2.24, 2.45) is 0 Å². The SMILES string of the molecule is Cc1nc2c(C)cccn2c1CN1CCC(c2ccc(C(=O)N3CCOCC3)c(N)n2)CC1. The van der Waals surface area contributed by atoms with Gasteiger partial charge in [-0.25, -0.2) is 9.97 Å². The van der Waals surface area contributed by atoms with Gasteiger partial charge < -0.3 is 19.8 Å². The van der Waals surface area contributed by atoms with E-state index in [4.69, 9.17) is 15.5 Å². The Morgan fingerprint density at radius 2 is 1.85 bits per heavy atom. The average Bonchev–Trinajstić information content (AvgIpc) is 3.16. The summed E-state index contributed by atoms with van der Waals surface area (Å²) >= 11 is 0. The number of carbonyl (C=O) groups excluding carboxylic acids is 1. The maximum absolute atomic E-state index is 12.8. The van der Waals surface area contributed by atoms with Crippen LogP contribution in [0.2, 0.25) is 0 Å². The molecule has 2 fully saturated rings. The molecule has 5 rings (SSSR count). The van der Waals surface area contributed by atoms with E-state index in [9.17, 15) is 4.79 Å². The molecule has 0 saturated carbocycles. The summed E-state index contributed by atoms with van der Waals surface area (Å²) in [6.45, 7) is 9.45. The number of pyridine rings is 2. The minimum Gasteiger partial charge on any atom is -0.383 e. The monoisotopic (exact) mass is 448 g/mol. The Labute approximate surface area is 194 Å².